The van der Waals surface area contributed by atoms with E-state index in [4.69, 9.17) is 23.2 Å². The molecule has 0 fully saturated rings. The first kappa shape index (κ1) is 18.1. The molecule has 0 aromatic heterocycles. The Labute approximate surface area is 140 Å². The highest BCUT2D eigenvalue weighted by atomic mass is 79.9. The largest absolute Gasteiger partial charge is 0.298 e. The Kier molecular flexibility index (Phi) is 7.86. The van der Waals surface area contributed by atoms with Crippen molar-refractivity contribution in [2.45, 2.75) is 13.3 Å². The van der Waals surface area contributed by atoms with Crippen molar-refractivity contribution in [2.24, 2.45) is 0 Å². The molecule has 2 aromatic carbocycles. The molecule has 0 amide bonds. The summed E-state index contributed by atoms with van der Waals surface area (Å²) >= 11 is 14.4. The Morgan fingerprint density at radius 3 is 1.95 bits per heavy atom. The van der Waals surface area contributed by atoms with Gasteiger partial charge in [-0.15, -0.1) is 0 Å². The summed E-state index contributed by atoms with van der Waals surface area (Å²) in [5, 5.41) is 1.01. The molecular formula is C15H11BrCl2F2O. The summed E-state index contributed by atoms with van der Waals surface area (Å²) in [6, 6.07) is 9.56. The van der Waals surface area contributed by atoms with E-state index in [0.29, 0.717) is 33.0 Å². The standard InChI is InChI=1S/C8H6ClFO.C7H5BrClF/c9-8-2-1-6(5-11)7(3-8)4-10;8-7-2-1-6(9)3-5(7)4-10/h1-3,5H,4H2;1-3H,4H2. The van der Waals surface area contributed by atoms with Crippen LogP contribution in [0.1, 0.15) is 21.5 Å². The van der Waals surface area contributed by atoms with Gasteiger partial charge in [0.25, 0.3) is 0 Å². The fourth-order valence-corrected chi connectivity index (χ4v) is 2.19. The van der Waals surface area contributed by atoms with Gasteiger partial charge < -0.3 is 0 Å². The van der Waals surface area contributed by atoms with E-state index in [1.54, 1.807) is 24.3 Å². The Bertz CT molecular complexity index is 621. The minimum Gasteiger partial charge on any atom is -0.298 e. The van der Waals surface area contributed by atoms with E-state index in [2.05, 4.69) is 15.9 Å². The number of alkyl halides is 2. The van der Waals surface area contributed by atoms with E-state index in [1.165, 1.54) is 12.1 Å². The van der Waals surface area contributed by atoms with E-state index < -0.39 is 13.3 Å². The molecule has 0 atom stereocenters. The molecule has 0 aliphatic heterocycles. The second-order valence-electron chi connectivity index (χ2n) is 3.96. The quantitative estimate of drug-likeness (QED) is 0.566. The molecule has 21 heavy (non-hydrogen) atoms. The lowest BCUT2D eigenvalue weighted by atomic mass is 10.1. The fourth-order valence-electron chi connectivity index (χ4n) is 1.45. The molecule has 6 heteroatoms. The zero-order valence-corrected chi connectivity index (χ0v) is 13.9. The van der Waals surface area contributed by atoms with Crippen molar-refractivity contribution in [2.75, 3.05) is 0 Å². The van der Waals surface area contributed by atoms with Gasteiger partial charge in [0.1, 0.15) is 19.6 Å². The Balaban J connectivity index is 0.000000211. The topological polar surface area (TPSA) is 17.1 Å². The SMILES string of the molecule is FCc1cc(Cl)ccc1Br.O=Cc1ccc(Cl)cc1CF. The third-order valence-corrected chi connectivity index (χ3v) is 3.77. The van der Waals surface area contributed by atoms with Crippen LogP contribution < -0.4 is 0 Å². The monoisotopic (exact) mass is 394 g/mol. The Morgan fingerprint density at radius 1 is 0.952 bits per heavy atom. The average Bonchev–Trinajstić information content (AvgIpc) is 2.50. The average molecular weight is 396 g/mol. The maximum Gasteiger partial charge on any atom is 0.150 e. The number of carbonyl (C=O) groups excluding carboxylic acids is 1. The van der Waals surface area contributed by atoms with Crippen LogP contribution in [0.25, 0.3) is 0 Å². The van der Waals surface area contributed by atoms with Gasteiger partial charge in [-0.05, 0) is 47.5 Å². The second-order valence-corrected chi connectivity index (χ2v) is 5.69. The normalized spacial score (nSPS) is 9.76. The summed E-state index contributed by atoms with van der Waals surface area (Å²) < 4.78 is 25.0. The molecule has 0 bridgehead atoms. The van der Waals surface area contributed by atoms with Crippen LogP contribution in [0.15, 0.2) is 40.9 Å². The molecule has 1 nitrogen and oxygen atoms in total. The minimum absolute atomic E-state index is 0.340. The van der Waals surface area contributed by atoms with Gasteiger partial charge in [-0.1, -0.05) is 39.1 Å². The van der Waals surface area contributed by atoms with Crippen molar-refractivity contribution < 1.29 is 13.6 Å². The van der Waals surface area contributed by atoms with Gasteiger partial charge in [-0.2, -0.15) is 0 Å². The van der Waals surface area contributed by atoms with Gasteiger partial charge in [0.05, 0.1) is 0 Å². The maximum absolute atomic E-state index is 12.1. The first-order valence-corrected chi connectivity index (χ1v) is 7.36. The van der Waals surface area contributed by atoms with Crippen LogP contribution >= 0.6 is 39.1 Å². The highest BCUT2D eigenvalue weighted by Crippen LogP contribution is 2.21. The molecule has 0 saturated heterocycles. The van der Waals surface area contributed by atoms with E-state index in [-0.39, 0.29) is 0 Å². The summed E-state index contributed by atoms with van der Waals surface area (Å²) in [7, 11) is 0. The van der Waals surface area contributed by atoms with Crippen LogP contribution in [-0.4, -0.2) is 6.29 Å². The third kappa shape index (κ3) is 5.73. The van der Waals surface area contributed by atoms with Gasteiger partial charge in [0, 0.05) is 20.1 Å². The smallest absolute Gasteiger partial charge is 0.150 e. The predicted molar refractivity (Wildman–Crippen MR) is 85.6 cm³/mol. The molecule has 0 N–H and O–H groups in total. The fraction of sp³-hybridized carbons (Fsp3) is 0.133. The van der Waals surface area contributed by atoms with E-state index in [9.17, 15) is 13.6 Å². The van der Waals surface area contributed by atoms with Gasteiger partial charge in [-0.3, -0.25) is 4.79 Å². The van der Waals surface area contributed by atoms with E-state index in [1.807, 2.05) is 0 Å². The van der Waals surface area contributed by atoms with Crippen molar-refractivity contribution in [3.63, 3.8) is 0 Å². The van der Waals surface area contributed by atoms with Crippen molar-refractivity contribution in [1.29, 1.82) is 0 Å². The van der Waals surface area contributed by atoms with E-state index in [0.717, 1.165) is 4.47 Å². The molecule has 0 aliphatic carbocycles. The number of halogens is 5. The molecule has 0 radical (unpaired) electrons. The van der Waals surface area contributed by atoms with Crippen LogP contribution in [0.5, 0.6) is 0 Å². The van der Waals surface area contributed by atoms with Crippen molar-refractivity contribution in [1.82, 2.24) is 0 Å². The lowest BCUT2D eigenvalue weighted by molar-refractivity contribution is 0.112. The number of hydrogen-bond donors (Lipinski definition) is 0. The van der Waals surface area contributed by atoms with Crippen molar-refractivity contribution in [3.8, 4) is 0 Å². The number of rotatable bonds is 3. The van der Waals surface area contributed by atoms with Gasteiger partial charge in [0.15, 0.2) is 0 Å². The minimum atomic E-state index is -0.658. The zero-order valence-electron chi connectivity index (χ0n) is 10.8. The number of hydrogen-bond acceptors (Lipinski definition) is 1. The molecule has 0 aliphatic rings. The molecule has 112 valence electrons. The van der Waals surface area contributed by atoms with Crippen LogP contribution in [0.3, 0.4) is 0 Å². The van der Waals surface area contributed by atoms with Gasteiger partial charge in [0.2, 0.25) is 0 Å². The highest BCUT2D eigenvalue weighted by molar-refractivity contribution is 9.10. The molecule has 2 aromatic rings. The number of aldehydes is 1. The molecule has 0 heterocycles. The van der Waals surface area contributed by atoms with Crippen LogP contribution in [-0.2, 0) is 13.3 Å². The van der Waals surface area contributed by atoms with Crippen LogP contribution in [0.4, 0.5) is 8.78 Å². The molecular weight excluding hydrogens is 385 g/mol. The summed E-state index contributed by atoms with van der Waals surface area (Å²) in [4.78, 5) is 10.3. The molecule has 2 rings (SSSR count). The summed E-state index contributed by atoms with van der Waals surface area (Å²) in [6.45, 7) is -1.14. The molecule has 0 spiro atoms. The number of carbonyl (C=O) groups is 1. The zero-order chi connectivity index (χ0) is 15.8. The first-order valence-electron chi connectivity index (χ1n) is 5.81. The van der Waals surface area contributed by atoms with E-state index >= 15 is 0 Å². The Morgan fingerprint density at radius 2 is 1.48 bits per heavy atom. The van der Waals surface area contributed by atoms with Gasteiger partial charge >= 0.3 is 0 Å². The summed E-state index contributed by atoms with van der Waals surface area (Å²) in [5.74, 6) is 0. The lowest BCUT2D eigenvalue weighted by Gasteiger charge is -1.98. The summed E-state index contributed by atoms with van der Waals surface area (Å²) in [5.41, 5.74) is 1.29. The van der Waals surface area contributed by atoms with Crippen molar-refractivity contribution in [3.05, 3.63) is 67.6 Å². The molecule has 0 saturated carbocycles. The van der Waals surface area contributed by atoms with Crippen LogP contribution in [0, 0.1) is 0 Å². The Hall–Kier alpha value is -0.970. The molecule has 0 unspecified atom stereocenters. The van der Waals surface area contributed by atoms with Gasteiger partial charge in [-0.25, -0.2) is 8.78 Å². The lowest BCUT2D eigenvalue weighted by Crippen LogP contribution is -1.88. The third-order valence-electron chi connectivity index (χ3n) is 2.53. The first-order chi connectivity index (χ1) is 10.0. The second kappa shape index (κ2) is 9.13. The number of benzene rings is 2. The summed E-state index contributed by atoms with van der Waals surface area (Å²) in [6.07, 6.45) is 0.616. The maximum atomic E-state index is 12.1. The predicted octanol–water partition coefficient (Wildman–Crippen LogP) is 6.19. The van der Waals surface area contributed by atoms with Crippen LogP contribution in [0.2, 0.25) is 10.0 Å². The highest BCUT2D eigenvalue weighted by Gasteiger charge is 2.00. The van der Waals surface area contributed by atoms with Crippen molar-refractivity contribution >= 4 is 45.4 Å².